The highest BCUT2D eigenvalue weighted by atomic mass is 127. The van der Waals surface area contributed by atoms with Crippen LogP contribution in [0.3, 0.4) is 0 Å². The van der Waals surface area contributed by atoms with Crippen molar-refractivity contribution in [3.05, 3.63) is 50.9 Å². The highest BCUT2D eigenvalue weighted by molar-refractivity contribution is 14.1. The zero-order valence-corrected chi connectivity index (χ0v) is 16.6. The Labute approximate surface area is 178 Å². The lowest BCUT2D eigenvalue weighted by Gasteiger charge is -2.40. The summed E-state index contributed by atoms with van der Waals surface area (Å²) >= 11 is 0.939. The van der Waals surface area contributed by atoms with E-state index in [0.717, 1.165) is 34.7 Å². The van der Waals surface area contributed by atoms with E-state index in [1.807, 2.05) is 0 Å². The average molecular weight is 586 g/mol. The van der Waals surface area contributed by atoms with E-state index in [-0.39, 0.29) is 0 Å². The second-order valence-corrected chi connectivity index (χ2v) is 7.72. The van der Waals surface area contributed by atoms with Gasteiger partial charge in [0, 0.05) is 16.7 Å². The fourth-order valence-electron chi connectivity index (χ4n) is 2.93. The molecule has 0 heterocycles. The monoisotopic (exact) mass is 586 g/mol. The van der Waals surface area contributed by atoms with Crippen molar-refractivity contribution < 1.29 is 57.1 Å². The standard InChI is InChI=1S/C17H8F13I/c18-10-4-2-1-3-8(10)12-9(5-7(6-11(12)31)14(20,21)22)13(19,16(25,26)27)15(23,24)17(28,29)30/h1-5,7H,6H2. The van der Waals surface area contributed by atoms with Gasteiger partial charge in [-0.25, -0.2) is 8.78 Å². The average Bonchev–Trinajstić information content (AvgIpc) is 2.58. The minimum Gasteiger partial charge on any atom is -0.221 e. The van der Waals surface area contributed by atoms with Crippen molar-refractivity contribution in [2.75, 3.05) is 0 Å². The van der Waals surface area contributed by atoms with Crippen LogP contribution in [0.1, 0.15) is 12.0 Å². The van der Waals surface area contributed by atoms with Crippen molar-refractivity contribution >= 4 is 28.2 Å². The van der Waals surface area contributed by atoms with Gasteiger partial charge in [-0.1, -0.05) is 24.3 Å². The van der Waals surface area contributed by atoms with Crippen LogP contribution in [0.5, 0.6) is 0 Å². The zero-order chi connectivity index (χ0) is 24.2. The molecule has 0 amide bonds. The van der Waals surface area contributed by atoms with Gasteiger partial charge in [-0.3, -0.25) is 0 Å². The predicted molar refractivity (Wildman–Crippen MR) is 90.5 cm³/mol. The summed E-state index contributed by atoms with van der Waals surface area (Å²) in [7, 11) is 0. The number of rotatable bonds is 3. The zero-order valence-electron chi connectivity index (χ0n) is 14.5. The molecule has 0 aromatic heterocycles. The van der Waals surface area contributed by atoms with Gasteiger partial charge in [-0.2, -0.15) is 48.3 Å². The summed E-state index contributed by atoms with van der Waals surface area (Å²) in [6.45, 7) is 0. The van der Waals surface area contributed by atoms with Crippen molar-refractivity contribution in [3.8, 4) is 0 Å². The van der Waals surface area contributed by atoms with Gasteiger partial charge in [-0.05, 0) is 38.7 Å². The minimum atomic E-state index is -7.20. The molecule has 0 aliphatic heterocycles. The van der Waals surface area contributed by atoms with Crippen LogP contribution in [-0.2, 0) is 0 Å². The van der Waals surface area contributed by atoms with E-state index in [0.29, 0.717) is 12.1 Å². The van der Waals surface area contributed by atoms with E-state index in [1.165, 1.54) is 0 Å². The summed E-state index contributed by atoms with van der Waals surface area (Å²) in [5.74, 6) is -11.7. The van der Waals surface area contributed by atoms with E-state index in [9.17, 15) is 52.7 Å². The fourth-order valence-corrected chi connectivity index (χ4v) is 3.99. The van der Waals surface area contributed by atoms with E-state index in [2.05, 4.69) is 0 Å². The third kappa shape index (κ3) is 4.27. The second kappa shape index (κ2) is 7.83. The molecule has 0 radical (unpaired) electrons. The molecule has 0 saturated carbocycles. The Hall–Kier alpha value is -1.48. The Balaban J connectivity index is 2.98. The summed E-state index contributed by atoms with van der Waals surface area (Å²) in [6, 6.07) is 3.08. The summed E-state index contributed by atoms with van der Waals surface area (Å²) in [5.41, 5.74) is -11.8. The summed E-state index contributed by atoms with van der Waals surface area (Å²) in [6.07, 6.45) is -21.5. The highest BCUT2D eigenvalue weighted by Crippen LogP contribution is 2.61. The molecule has 0 N–H and O–H groups in total. The number of hydrogen-bond acceptors (Lipinski definition) is 0. The lowest BCUT2D eigenvalue weighted by atomic mass is 9.75. The molecule has 0 fully saturated rings. The number of hydrogen-bond donors (Lipinski definition) is 0. The molecule has 1 aliphatic carbocycles. The van der Waals surface area contributed by atoms with Gasteiger partial charge in [0.1, 0.15) is 5.82 Å². The number of halogens is 14. The third-order valence-electron chi connectivity index (χ3n) is 4.42. The van der Waals surface area contributed by atoms with E-state index < -0.39 is 74.6 Å². The molecular formula is C17H8F13I. The van der Waals surface area contributed by atoms with Crippen LogP contribution in [-0.4, -0.2) is 30.1 Å². The maximum atomic E-state index is 15.1. The molecule has 2 rings (SSSR count). The second-order valence-electron chi connectivity index (χ2n) is 6.42. The topological polar surface area (TPSA) is 0 Å². The molecule has 2 unspecified atom stereocenters. The van der Waals surface area contributed by atoms with E-state index in [1.54, 1.807) is 0 Å². The Kier molecular flexibility index (Phi) is 6.51. The van der Waals surface area contributed by atoms with Gasteiger partial charge in [0.25, 0.3) is 0 Å². The van der Waals surface area contributed by atoms with Crippen molar-refractivity contribution in [2.24, 2.45) is 5.92 Å². The van der Waals surface area contributed by atoms with Gasteiger partial charge in [0.2, 0.25) is 0 Å². The molecule has 1 aliphatic rings. The smallest absolute Gasteiger partial charge is 0.221 e. The first-order valence-electron chi connectivity index (χ1n) is 7.90. The first kappa shape index (κ1) is 25.8. The lowest BCUT2D eigenvalue weighted by molar-refractivity contribution is -0.371. The molecule has 31 heavy (non-hydrogen) atoms. The molecular weight excluding hydrogens is 578 g/mol. The van der Waals surface area contributed by atoms with E-state index >= 15 is 4.39 Å². The molecule has 174 valence electrons. The molecule has 2 atom stereocenters. The Bertz CT molecular complexity index is 904. The Morgan fingerprint density at radius 1 is 0.774 bits per heavy atom. The lowest BCUT2D eigenvalue weighted by Crippen LogP contribution is -2.63. The molecule has 0 bridgehead atoms. The summed E-state index contributed by atoms with van der Waals surface area (Å²) < 4.78 is 175. The SMILES string of the molecule is Fc1ccccc1C1=C(I)CC(C(F)(F)F)C=C1C(F)(C(F)(F)F)C(F)(F)C(F)(F)F. The van der Waals surface area contributed by atoms with Gasteiger partial charge in [0.05, 0.1) is 5.92 Å². The number of alkyl halides is 12. The maximum absolute atomic E-state index is 15.1. The molecule has 0 saturated heterocycles. The molecule has 0 spiro atoms. The van der Waals surface area contributed by atoms with Crippen LogP contribution in [0.4, 0.5) is 57.1 Å². The van der Waals surface area contributed by atoms with Gasteiger partial charge < -0.3 is 0 Å². The summed E-state index contributed by atoms with van der Waals surface area (Å²) in [4.78, 5) is 0. The Morgan fingerprint density at radius 3 is 1.71 bits per heavy atom. The van der Waals surface area contributed by atoms with Gasteiger partial charge in [-0.15, -0.1) is 0 Å². The quantitative estimate of drug-likeness (QED) is 0.249. The van der Waals surface area contributed by atoms with Crippen LogP contribution in [0.15, 0.2) is 39.5 Å². The number of allylic oxidation sites excluding steroid dienone is 4. The largest absolute Gasteiger partial charge is 0.457 e. The molecule has 0 nitrogen and oxygen atoms in total. The summed E-state index contributed by atoms with van der Waals surface area (Å²) in [5, 5.41) is 0. The van der Waals surface area contributed by atoms with Crippen molar-refractivity contribution in [1.29, 1.82) is 0 Å². The number of benzene rings is 1. The van der Waals surface area contributed by atoms with Crippen molar-refractivity contribution in [1.82, 2.24) is 0 Å². The molecule has 1 aromatic rings. The van der Waals surface area contributed by atoms with Crippen molar-refractivity contribution in [2.45, 2.75) is 36.5 Å². The fraction of sp³-hybridized carbons (Fsp3) is 0.412. The van der Waals surface area contributed by atoms with Crippen molar-refractivity contribution in [3.63, 3.8) is 0 Å². The van der Waals surface area contributed by atoms with E-state index in [4.69, 9.17) is 0 Å². The van der Waals surface area contributed by atoms with Crippen LogP contribution < -0.4 is 0 Å². The van der Waals surface area contributed by atoms with Crippen LogP contribution in [0.2, 0.25) is 0 Å². The molecule has 14 heteroatoms. The van der Waals surface area contributed by atoms with Crippen LogP contribution in [0.25, 0.3) is 5.57 Å². The highest BCUT2D eigenvalue weighted by Gasteiger charge is 2.83. The van der Waals surface area contributed by atoms with Crippen LogP contribution in [0, 0.1) is 11.7 Å². The van der Waals surface area contributed by atoms with Crippen LogP contribution >= 0.6 is 22.6 Å². The first-order chi connectivity index (χ1) is 13.8. The predicted octanol–water partition coefficient (Wildman–Crippen LogP) is 7.95. The Morgan fingerprint density at radius 2 is 1.29 bits per heavy atom. The van der Waals surface area contributed by atoms with Gasteiger partial charge >= 0.3 is 30.1 Å². The maximum Gasteiger partial charge on any atom is 0.457 e. The first-order valence-corrected chi connectivity index (χ1v) is 8.97. The third-order valence-corrected chi connectivity index (χ3v) is 5.40. The van der Waals surface area contributed by atoms with Gasteiger partial charge in [0.15, 0.2) is 0 Å². The minimum absolute atomic E-state index is 0.565. The molecule has 1 aromatic carbocycles. The normalized spacial score (nSPS) is 21.1.